The van der Waals surface area contributed by atoms with Crippen molar-refractivity contribution in [3.8, 4) is 0 Å². The van der Waals surface area contributed by atoms with Crippen molar-refractivity contribution in [1.29, 1.82) is 0 Å². The zero-order chi connectivity index (χ0) is 29.1. The van der Waals surface area contributed by atoms with E-state index in [1.165, 1.54) is 12.1 Å². The highest BCUT2D eigenvalue weighted by Gasteiger charge is 2.34. The second kappa shape index (κ2) is 11.8. The molecule has 3 aromatic carbocycles. The van der Waals surface area contributed by atoms with Gasteiger partial charge >= 0.3 is 5.97 Å². The monoisotopic (exact) mass is 586 g/mol. The van der Waals surface area contributed by atoms with Crippen LogP contribution in [0, 0.1) is 6.92 Å². The van der Waals surface area contributed by atoms with Gasteiger partial charge in [-0.2, -0.15) is 8.42 Å². The van der Waals surface area contributed by atoms with Crippen molar-refractivity contribution >= 4 is 43.4 Å². The van der Waals surface area contributed by atoms with Gasteiger partial charge in [0.25, 0.3) is 26.0 Å². The fourth-order valence-corrected chi connectivity index (χ4v) is 6.69. The van der Waals surface area contributed by atoms with E-state index in [-0.39, 0.29) is 42.8 Å². The molecule has 1 amide bonds. The predicted molar refractivity (Wildman–Crippen MR) is 150 cm³/mol. The van der Waals surface area contributed by atoms with Gasteiger partial charge in [0.1, 0.15) is 0 Å². The summed E-state index contributed by atoms with van der Waals surface area (Å²) in [6.45, 7) is 1.72. The highest BCUT2D eigenvalue weighted by molar-refractivity contribution is 7.89. The van der Waals surface area contributed by atoms with Crippen LogP contribution in [0.1, 0.15) is 46.3 Å². The lowest BCUT2D eigenvalue weighted by Crippen LogP contribution is -2.39. The fraction of sp³-hybridized carbons (Fsp3) is 0.286. The molecule has 1 heterocycles. The lowest BCUT2D eigenvalue weighted by atomic mass is 9.91. The number of carbonyl (C=O) groups is 2. The Bertz CT molecular complexity index is 1630. The first kappa shape index (κ1) is 29.2. The molecule has 0 saturated carbocycles. The van der Waals surface area contributed by atoms with Crippen LogP contribution in [-0.4, -0.2) is 61.5 Å². The summed E-state index contributed by atoms with van der Waals surface area (Å²) in [5.41, 5.74) is 3.87. The zero-order valence-corrected chi connectivity index (χ0v) is 23.5. The van der Waals surface area contributed by atoms with Crippen LogP contribution in [0.3, 0.4) is 0 Å². The molecular weight excluding hydrogens is 556 g/mol. The third-order valence-electron chi connectivity index (χ3n) is 6.69. The minimum absolute atomic E-state index is 0.0637. The minimum Gasteiger partial charge on any atom is -0.481 e. The number of carbonyl (C=O) groups excluding carboxylic acids is 1. The van der Waals surface area contributed by atoms with Gasteiger partial charge in [-0.3, -0.25) is 14.1 Å². The number of fused-ring (bicyclic) bond motifs is 2. The Balaban J connectivity index is 1.76. The summed E-state index contributed by atoms with van der Waals surface area (Å²) in [5, 5.41) is 9.12. The number of amides is 1. The van der Waals surface area contributed by atoms with E-state index in [0.29, 0.717) is 17.7 Å². The molecule has 212 valence electrons. The van der Waals surface area contributed by atoms with E-state index in [2.05, 4.69) is 0 Å². The average molecular weight is 587 g/mol. The molecule has 2 N–H and O–H groups in total. The van der Waals surface area contributed by atoms with Crippen LogP contribution in [-0.2, 0) is 31.4 Å². The minimum atomic E-state index is -4.31. The summed E-state index contributed by atoms with van der Waals surface area (Å²) in [7, 11) is -8.48. The molecule has 0 unspecified atom stereocenters. The van der Waals surface area contributed by atoms with Crippen molar-refractivity contribution < 1.29 is 36.1 Å². The van der Waals surface area contributed by atoms with Gasteiger partial charge < -0.3 is 10.0 Å². The SMILES string of the molecule is Cc1ccc(S(=O)(=O)N(CCCC(=O)O)C(=O)c2cccc3c2Cc2ccccc2N3CCCS(=O)(=O)O)cc1. The number of aryl methyl sites for hydroxylation is 1. The number of rotatable bonds is 11. The van der Waals surface area contributed by atoms with Gasteiger partial charge in [-0.25, -0.2) is 12.7 Å². The van der Waals surface area contributed by atoms with Crippen LogP contribution in [0.25, 0.3) is 0 Å². The van der Waals surface area contributed by atoms with Gasteiger partial charge in [-0.05, 0) is 61.2 Å². The maximum atomic E-state index is 14.0. The fourth-order valence-electron chi connectivity index (χ4n) is 4.78. The molecule has 0 aromatic heterocycles. The number of benzene rings is 3. The van der Waals surface area contributed by atoms with Crippen molar-refractivity contribution in [2.45, 2.75) is 37.5 Å². The van der Waals surface area contributed by atoms with Crippen molar-refractivity contribution in [2.24, 2.45) is 0 Å². The van der Waals surface area contributed by atoms with E-state index in [1.807, 2.05) is 36.1 Å². The number of carboxylic acid groups (broad SMARTS) is 1. The second-order valence-electron chi connectivity index (χ2n) is 9.59. The largest absolute Gasteiger partial charge is 0.481 e. The molecule has 10 nitrogen and oxygen atoms in total. The molecule has 0 bridgehead atoms. The molecule has 0 radical (unpaired) electrons. The number of hydrogen-bond donors (Lipinski definition) is 2. The molecule has 0 atom stereocenters. The van der Waals surface area contributed by atoms with Crippen LogP contribution in [0.5, 0.6) is 0 Å². The second-order valence-corrected chi connectivity index (χ2v) is 13.0. The van der Waals surface area contributed by atoms with E-state index < -0.39 is 37.8 Å². The highest BCUT2D eigenvalue weighted by atomic mass is 32.2. The summed E-state index contributed by atoms with van der Waals surface area (Å²) in [6, 6.07) is 18.5. The molecule has 1 aliphatic heterocycles. The van der Waals surface area contributed by atoms with Gasteiger partial charge in [-0.1, -0.05) is 42.0 Å². The lowest BCUT2D eigenvalue weighted by Gasteiger charge is -2.35. The zero-order valence-electron chi connectivity index (χ0n) is 21.9. The molecule has 0 saturated heterocycles. The molecule has 12 heteroatoms. The Morgan fingerprint density at radius 2 is 1.57 bits per heavy atom. The van der Waals surface area contributed by atoms with Crippen LogP contribution < -0.4 is 4.90 Å². The van der Waals surface area contributed by atoms with Crippen LogP contribution in [0.4, 0.5) is 11.4 Å². The average Bonchev–Trinajstić information content (AvgIpc) is 2.89. The quantitative estimate of drug-likeness (QED) is 0.318. The summed E-state index contributed by atoms with van der Waals surface area (Å²) in [4.78, 5) is 27.0. The molecule has 3 aromatic rings. The smallest absolute Gasteiger partial charge is 0.303 e. The lowest BCUT2D eigenvalue weighted by molar-refractivity contribution is -0.137. The Morgan fingerprint density at radius 3 is 2.25 bits per heavy atom. The number of hydrogen-bond acceptors (Lipinski definition) is 7. The van der Waals surface area contributed by atoms with Crippen LogP contribution >= 0.6 is 0 Å². The van der Waals surface area contributed by atoms with E-state index in [1.54, 1.807) is 30.3 Å². The molecule has 4 rings (SSSR count). The predicted octanol–water partition coefficient (Wildman–Crippen LogP) is 4.01. The highest BCUT2D eigenvalue weighted by Crippen LogP contribution is 2.40. The van der Waals surface area contributed by atoms with Crippen LogP contribution in [0.15, 0.2) is 71.6 Å². The Morgan fingerprint density at radius 1 is 0.900 bits per heavy atom. The molecule has 1 aliphatic rings. The molecule has 40 heavy (non-hydrogen) atoms. The van der Waals surface area contributed by atoms with Gasteiger partial charge in [-0.15, -0.1) is 0 Å². The first-order valence-corrected chi connectivity index (χ1v) is 15.7. The van der Waals surface area contributed by atoms with Crippen molar-refractivity contribution in [3.05, 3.63) is 89.0 Å². The summed E-state index contributed by atoms with van der Waals surface area (Å²) in [5.74, 6) is -2.32. The summed E-state index contributed by atoms with van der Waals surface area (Å²) in [6.07, 6.45) is 0.0739. The first-order valence-electron chi connectivity index (χ1n) is 12.7. The molecular formula is C28H30N2O8S2. The molecule has 0 aliphatic carbocycles. The normalized spacial score (nSPS) is 12.9. The van der Waals surface area contributed by atoms with Gasteiger partial charge in [0.15, 0.2) is 0 Å². The number of sulfonamides is 1. The van der Waals surface area contributed by atoms with Crippen molar-refractivity contribution in [3.63, 3.8) is 0 Å². The van der Waals surface area contributed by atoms with E-state index in [0.717, 1.165) is 21.1 Å². The Labute approximate surface area is 233 Å². The maximum absolute atomic E-state index is 14.0. The maximum Gasteiger partial charge on any atom is 0.303 e. The number of carboxylic acids is 1. The molecule has 0 fully saturated rings. The van der Waals surface area contributed by atoms with Crippen LogP contribution in [0.2, 0.25) is 0 Å². The number of nitrogens with zero attached hydrogens (tertiary/aromatic N) is 2. The standard InChI is InChI=1S/C28H30N2O8S2/c1-20-12-14-22(15-13-20)40(37,38)30(17-5-11-27(31)32)28(33)23-8-4-10-26-24(23)19-21-7-2-3-9-25(21)29(26)16-6-18-39(34,35)36/h2-4,7-10,12-15H,5-6,11,16-19H2,1H3,(H,31,32)(H,34,35,36). The summed E-state index contributed by atoms with van der Waals surface area (Å²) < 4.78 is 60.0. The van der Waals surface area contributed by atoms with E-state index in [9.17, 15) is 31.0 Å². The number of aliphatic carboxylic acids is 1. The summed E-state index contributed by atoms with van der Waals surface area (Å²) >= 11 is 0. The van der Waals surface area contributed by atoms with E-state index >= 15 is 0 Å². The van der Waals surface area contributed by atoms with E-state index in [4.69, 9.17) is 5.11 Å². The number of anilines is 2. The van der Waals surface area contributed by atoms with Gasteiger partial charge in [0.05, 0.1) is 10.6 Å². The first-order chi connectivity index (χ1) is 18.9. The van der Waals surface area contributed by atoms with Gasteiger partial charge in [0, 0.05) is 42.9 Å². The van der Waals surface area contributed by atoms with Crippen molar-refractivity contribution in [2.75, 3.05) is 23.7 Å². The third-order valence-corrected chi connectivity index (χ3v) is 9.29. The Hall–Kier alpha value is -3.74. The third kappa shape index (κ3) is 6.52. The topological polar surface area (TPSA) is 149 Å². The number of para-hydroxylation sites is 1. The van der Waals surface area contributed by atoms with Gasteiger partial charge in [0.2, 0.25) is 0 Å². The molecule has 0 spiro atoms. The van der Waals surface area contributed by atoms with Crippen molar-refractivity contribution in [1.82, 2.24) is 4.31 Å². The Kier molecular flexibility index (Phi) is 8.62.